The summed E-state index contributed by atoms with van der Waals surface area (Å²) in [6, 6.07) is 7.82. The first kappa shape index (κ1) is 15.1. The number of benzene rings is 1. The summed E-state index contributed by atoms with van der Waals surface area (Å²) in [4.78, 5) is 13.4. The Bertz CT molecular complexity index is 497. The van der Waals surface area contributed by atoms with Crippen molar-refractivity contribution in [3.05, 3.63) is 41.5 Å². The molecule has 1 aliphatic rings. The standard InChI is InChI=1S/C16H22N2OS/c1-12(2)20-15-6-4-3-5-14(15)16(19)18-11-13-7-9-17-10-8-13/h3-7,12,17H,8-11H2,1-2H3,(H,18,19). The highest BCUT2D eigenvalue weighted by Crippen LogP contribution is 2.26. The number of hydrogen-bond donors (Lipinski definition) is 2. The fraction of sp³-hybridized carbons (Fsp3) is 0.438. The third-order valence-electron chi connectivity index (χ3n) is 3.13. The fourth-order valence-electron chi connectivity index (χ4n) is 2.13. The van der Waals surface area contributed by atoms with Crippen LogP contribution in [0.25, 0.3) is 0 Å². The summed E-state index contributed by atoms with van der Waals surface area (Å²) in [6.07, 6.45) is 3.18. The van der Waals surface area contributed by atoms with Crippen LogP contribution in [0, 0.1) is 0 Å². The molecule has 3 nitrogen and oxygen atoms in total. The highest BCUT2D eigenvalue weighted by Gasteiger charge is 2.13. The van der Waals surface area contributed by atoms with Gasteiger partial charge < -0.3 is 10.6 Å². The summed E-state index contributed by atoms with van der Waals surface area (Å²) in [7, 11) is 0. The lowest BCUT2D eigenvalue weighted by Gasteiger charge is -2.15. The Morgan fingerprint density at radius 1 is 1.40 bits per heavy atom. The van der Waals surface area contributed by atoms with Gasteiger partial charge in [-0.25, -0.2) is 0 Å². The van der Waals surface area contributed by atoms with E-state index in [2.05, 4.69) is 30.6 Å². The highest BCUT2D eigenvalue weighted by molar-refractivity contribution is 8.00. The summed E-state index contributed by atoms with van der Waals surface area (Å²) in [5.41, 5.74) is 2.09. The topological polar surface area (TPSA) is 41.1 Å². The van der Waals surface area contributed by atoms with Crippen molar-refractivity contribution in [1.82, 2.24) is 10.6 Å². The van der Waals surface area contributed by atoms with E-state index in [0.29, 0.717) is 11.8 Å². The molecule has 0 radical (unpaired) electrons. The van der Waals surface area contributed by atoms with Gasteiger partial charge in [0.2, 0.25) is 0 Å². The molecule has 0 unspecified atom stereocenters. The van der Waals surface area contributed by atoms with Crippen LogP contribution in [0.3, 0.4) is 0 Å². The molecule has 2 rings (SSSR count). The molecule has 1 aromatic carbocycles. The number of hydrogen-bond acceptors (Lipinski definition) is 3. The van der Waals surface area contributed by atoms with Gasteiger partial charge in [-0.3, -0.25) is 4.79 Å². The SMILES string of the molecule is CC(C)Sc1ccccc1C(=O)NCC1=CCNCC1. The molecule has 0 bridgehead atoms. The highest BCUT2D eigenvalue weighted by atomic mass is 32.2. The Kier molecular flexibility index (Phi) is 5.68. The van der Waals surface area contributed by atoms with Crippen molar-refractivity contribution in [2.45, 2.75) is 30.4 Å². The van der Waals surface area contributed by atoms with E-state index >= 15 is 0 Å². The molecular formula is C16H22N2OS. The Labute approximate surface area is 125 Å². The maximum atomic E-state index is 12.3. The van der Waals surface area contributed by atoms with Gasteiger partial charge in [0.1, 0.15) is 0 Å². The Morgan fingerprint density at radius 3 is 2.90 bits per heavy atom. The summed E-state index contributed by atoms with van der Waals surface area (Å²) >= 11 is 1.73. The normalized spacial score (nSPS) is 15.1. The molecule has 1 aliphatic heterocycles. The van der Waals surface area contributed by atoms with Gasteiger partial charge in [-0.05, 0) is 25.1 Å². The number of thioether (sulfide) groups is 1. The van der Waals surface area contributed by atoms with Crippen molar-refractivity contribution in [2.75, 3.05) is 19.6 Å². The van der Waals surface area contributed by atoms with Crippen molar-refractivity contribution < 1.29 is 4.79 Å². The minimum Gasteiger partial charge on any atom is -0.348 e. The van der Waals surface area contributed by atoms with Gasteiger partial charge in [-0.15, -0.1) is 11.8 Å². The minimum absolute atomic E-state index is 0.0215. The molecule has 4 heteroatoms. The Hall–Kier alpha value is -1.26. The van der Waals surface area contributed by atoms with Crippen LogP contribution in [0.2, 0.25) is 0 Å². The second kappa shape index (κ2) is 7.50. The summed E-state index contributed by atoms with van der Waals surface area (Å²) in [5, 5.41) is 6.77. The molecule has 20 heavy (non-hydrogen) atoms. The van der Waals surface area contributed by atoms with Gasteiger partial charge in [0.25, 0.3) is 5.91 Å². The fourth-order valence-corrected chi connectivity index (χ4v) is 3.08. The van der Waals surface area contributed by atoms with Crippen molar-refractivity contribution in [1.29, 1.82) is 0 Å². The summed E-state index contributed by atoms with van der Waals surface area (Å²) < 4.78 is 0. The number of carbonyl (C=O) groups excluding carboxylic acids is 1. The lowest BCUT2D eigenvalue weighted by molar-refractivity contribution is 0.0953. The molecule has 0 atom stereocenters. The van der Waals surface area contributed by atoms with Crippen LogP contribution in [0.5, 0.6) is 0 Å². The molecule has 1 aromatic rings. The maximum absolute atomic E-state index is 12.3. The van der Waals surface area contributed by atoms with E-state index in [1.165, 1.54) is 5.57 Å². The molecule has 108 valence electrons. The van der Waals surface area contributed by atoms with Crippen molar-refractivity contribution in [3.63, 3.8) is 0 Å². The first-order chi connectivity index (χ1) is 9.66. The van der Waals surface area contributed by atoms with Gasteiger partial charge in [0.15, 0.2) is 0 Å². The van der Waals surface area contributed by atoms with Gasteiger partial charge in [0.05, 0.1) is 5.56 Å². The second-order valence-corrected chi connectivity index (χ2v) is 6.78. The monoisotopic (exact) mass is 290 g/mol. The predicted molar refractivity (Wildman–Crippen MR) is 85.3 cm³/mol. The van der Waals surface area contributed by atoms with Crippen LogP contribution in [0.4, 0.5) is 0 Å². The number of carbonyl (C=O) groups is 1. The third kappa shape index (κ3) is 4.39. The van der Waals surface area contributed by atoms with Crippen LogP contribution in [-0.2, 0) is 0 Å². The number of rotatable bonds is 5. The average molecular weight is 290 g/mol. The van der Waals surface area contributed by atoms with Crippen LogP contribution in [0.1, 0.15) is 30.6 Å². The summed E-state index contributed by atoms with van der Waals surface area (Å²) in [5.74, 6) is 0.0215. The maximum Gasteiger partial charge on any atom is 0.252 e. The quantitative estimate of drug-likeness (QED) is 0.647. The number of amides is 1. The van der Waals surface area contributed by atoms with E-state index in [9.17, 15) is 4.79 Å². The lowest BCUT2D eigenvalue weighted by atomic mass is 10.1. The van der Waals surface area contributed by atoms with Crippen LogP contribution in [0.15, 0.2) is 40.8 Å². The summed E-state index contributed by atoms with van der Waals surface area (Å²) in [6.45, 7) is 6.84. The zero-order chi connectivity index (χ0) is 14.4. The van der Waals surface area contributed by atoms with Gasteiger partial charge in [-0.2, -0.15) is 0 Å². The van der Waals surface area contributed by atoms with Crippen molar-refractivity contribution >= 4 is 17.7 Å². The average Bonchev–Trinajstić information content (AvgIpc) is 2.46. The van der Waals surface area contributed by atoms with Crippen LogP contribution >= 0.6 is 11.8 Å². The third-order valence-corrected chi connectivity index (χ3v) is 4.21. The van der Waals surface area contributed by atoms with E-state index < -0.39 is 0 Å². The molecule has 0 saturated carbocycles. The van der Waals surface area contributed by atoms with E-state index in [-0.39, 0.29) is 5.91 Å². The Morgan fingerprint density at radius 2 is 2.20 bits per heavy atom. The lowest BCUT2D eigenvalue weighted by Crippen LogP contribution is -2.29. The van der Waals surface area contributed by atoms with Crippen molar-refractivity contribution in [3.8, 4) is 0 Å². The molecular weight excluding hydrogens is 268 g/mol. The molecule has 0 aromatic heterocycles. The van der Waals surface area contributed by atoms with Gasteiger partial charge in [0, 0.05) is 23.2 Å². The molecule has 0 fully saturated rings. The van der Waals surface area contributed by atoms with Crippen LogP contribution < -0.4 is 10.6 Å². The molecule has 2 N–H and O–H groups in total. The first-order valence-electron chi connectivity index (χ1n) is 7.09. The Balaban J connectivity index is 1.99. The van der Waals surface area contributed by atoms with Crippen molar-refractivity contribution in [2.24, 2.45) is 0 Å². The smallest absolute Gasteiger partial charge is 0.252 e. The minimum atomic E-state index is 0.0215. The second-order valence-electron chi connectivity index (χ2n) is 5.16. The van der Waals surface area contributed by atoms with Crippen LogP contribution in [-0.4, -0.2) is 30.8 Å². The largest absolute Gasteiger partial charge is 0.348 e. The zero-order valence-corrected chi connectivity index (χ0v) is 12.9. The molecule has 1 amide bonds. The molecule has 0 saturated heterocycles. The van der Waals surface area contributed by atoms with E-state index in [0.717, 1.165) is 30.0 Å². The molecule has 0 aliphatic carbocycles. The number of nitrogens with one attached hydrogen (secondary N) is 2. The molecule has 1 heterocycles. The predicted octanol–water partition coefficient (Wildman–Crippen LogP) is 2.84. The first-order valence-corrected chi connectivity index (χ1v) is 7.97. The van der Waals surface area contributed by atoms with E-state index in [1.807, 2.05) is 24.3 Å². The van der Waals surface area contributed by atoms with E-state index in [4.69, 9.17) is 0 Å². The zero-order valence-electron chi connectivity index (χ0n) is 12.1. The van der Waals surface area contributed by atoms with E-state index in [1.54, 1.807) is 11.8 Å². The molecule has 0 spiro atoms. The van der Waals surface area contributed by atoms with Gasteiger partial charge in [-0.1, -0.05) is 37.6 Å². The van der Waals surface area contributed by atoms with Gasteiger partial charge >= 0.3 is 0 Å².